The lowest BCUT2D eigenvalue weighted by Crippen LogP contribution is -2.24. The smallest absolute Gasteiger partial charge is 0.408 e. The van der Waals surface area contributed by atoms with Crippen molar-refractivity contribution in [1.29, 1.82) is 0 Å². The SMILES string of the molecule is Cc1cc(N)c(N)cc1C#CCNC(=O)OCc1ccccc1. The van der Waals surface area contributed by atoms with Gasteiger partial charge in [0.2, 0.25) is 0 Å². The Labute approximate surface area is 135 Å². The molecule has 5 nitrogen and oxygen atoms in total. The quantitative estimate of drug-likeness (QED) is 0.600. The van der Waals surface area contributed by atoms with Crippen LogP contribution in [0.2, 0.25) is 0 Å². The Morgan fingerprint density at radius 1 is 1.17 bits per heavy atom. The molecule has 0 aliphatic rings. The molecule has 118 valence electrons. The third-order valence-corrected chi connectivity index (χ3v) is 3.19. The maximum atomic E-state index is 11.6. The van der Waals surface area contributed by atoms with E-state index in [1.807, 2.05) is 37.3 Å². The fourth-order valence-electron chi connectivity index (χ4n) is 1.91. The molecule has 0 unspecified atom stereocenters. The van der Waals surface area contributed by atoms with E-state index in [0.29, 0.717) is 11.4 Å². The third kappa shape index (κ3) is 4.97. The van der Waals surface area contributed by atoms with Crippen molar-refractivity contribution < 1.29 is 9.53 Å². The maximum absolute atomic E-state index is 11.6. The summed E-state index contributed by atoms with van der Waals surface area (Å²) in [7, 11) is 0. The number of anilines is 2. The molecule has 0 aliphatic heterocycles. The standard InChI is InChI=1S/C18H19N3O2/c1-13-10-16(19)17(20)11-15(13)8-5-9-21-18(22)23-12-14-6-3-2-4-7-14/h2-4,6-7,10-11H,9,12,19-20H2,1H3,(H,21,22). The first-order chi connectivity index (χ1) is 11.1. The van der Waals surface area contributed by atoms with Gasteiger partial charge in [0.05, 0.1) is 17.9 Å². The van der Waals surface area contributed by atoms with Gasteiger partial charge in [-0.05, 0) is 30.2 Å². The van der Waals surface area contributed by atoms with Gasteiger partial charge in [-0.25, -0.2) is 4.79 Å². The minimum absolute atomic E-state index is 0.192. The fourth-order valence-corrected chi connectivity index (χ4v) is 1.91. The number of nitrogens with two attached hydrogens (primary N) is 2. The van der Waals surface area contributed by atoms with Crippen LogP contribution in [0.5, 0.6) is 0 Å². The first kappa shape index (κ1) is 16.2. The molecule has 5 N–H and O–H groups in total. The molecule has 0 fully saturated rings. The van der Waals surface area contributed by atoms with Crippen molar-refractivity contribution in [2.45, 2.75) is 13.5 Å². The highest BCUT2D eigenvalue weighted by Crippen LogP contribution is 2.19. The Balaban J connectivity index is 1.81. The van der Waals surface area contributed by atoms with Crippen molar-refractivity contribution in [1.82, 2.24) is 5.32 Å². The molecule has 1 amide bonds. The monoisotopic (exact) mass is 309 g/mol. The average Bonchev–Trinajstić information content (AvgIpc) is 2.55. The molecule has 2 aromatic carbocycles. The molecule has 0 saturated heterocycles. The van der Waals surface area contributed by atoms with E-state index in [1.165, 1.54) is 0 Å². The summed E-state index contributed by atoms with van der Waals surface area (Å²) < 4.78 is 5.08. The van der Waals surface area contributed by atoms with Crippen molar-refractivity contribution in [2.24, 2.45) is 0 Å². The van der Waals surface area contributed by atoms with E-state index in [9.17, 15) is 4.79 Å². The number of carbonyl (C=O) groups is 1. The molecule has 0 saturated carbocycles. The normalized spacial score (nSPS) is 9.61. The Morgan fingerprint density at radius 3 is 2.61 bits per heavy atom. The van der Waals surface area contributed by atoms with Gasteiger partial charge in [-0.3, -0.25) is 0 Å². The Morgan fingerprint density at radius 2 is 1.87 bits per heavy atom. The molecular formula is C18H19N3O2. The van der Waals surface area contributed by atoms with Gasteiger partial charge in [-0.15, -0.1) is 0 Å². The van der Waals surface area contributed by atoms with Crippen molar-refractivity contribution in [3.05, 3.63) is 59.2 Å². The number of ether oxygens (including phenoxy) is 1. The largest absolute Gasteiger partial charge is 0.445 e. The van der Waals surface area contributed by atoms with E-state index < -0.39 is 6.09 Å². The van der Waals surface area contributed by atoms with E-state index in [4.69, 9.17) is 16.2 Å². The first-order valence-corrected chi connectivity index (χ1v) is 7.15. The summed E-state index contributed by atoms with van der Waals surface area (Å²) in [6.45, 7) is 2.33. The molecule has 2 rings (SSSR count). The van der Waals surface area contributed by atoms with Crippen molar-refractivity contribution in [2.75, 3.05) is 18.0 Å². The molecule has 2 aromatic rings. The molecule has 0 aromatic heterocycles. The van der Waals surface area contributed by atoms with Crippen molar-refractivity contribution in [3.63, 3.8) is 0 Å². The highest BCUT2D eigenvalue weighted by atomic mass is 16.5. The zero-order chi connectivity index (χ0) is 16.7. The zero-order valence-electron chi connectivity index (χ0n) is 12.9. The minimum atomic E-state index is -0.503. The minimum Gasteiger partial charge on any atom is -0.445 e. The predicted molar refractivity (Wildman–Crippen MR) is 91.5 cm³/mol. The highest BCUT2D eigenvalue weighted by Gasteiger charge is 2.01. The molecule has 0 atom stereocenters. The molecule has 0 heterocycles. The number of carbonyl (C=O) groups excluding carboxylic acids is 1. The Kier molecular flexibility index (Phi) is 5.48. The number of benzene rings is 2. The van der Waals surface area contributed by atoms with Gasteiger partial charge in [0, 0.05) is 5.56 Å². The van der Waals surface area contributed by atoms with Crippen LogP contribution in [-0.2, 0) is 11.3 Å². The van der Waals surface area contributed by atoms with E-state index in [2.05, 4.69) is 17.2 Å². The van der Waals surface area contributed by atoms with Crippen LogP contribution < -0.4 is 16.8 Å². The maximum Gasteiger partial charge on any atom is 0.408 e. The van der Waals surface area contributed by atoms with E-state index in [0.717, 1.165) is 16.7 Å². The van der Waals surface area contributed by atoms with Crippen LogP contribution >= 0.6 is 0 Å². The Bertz CT molecular complexity index is 746. The summed E-state index contributed by atoms with van der Waals surface area (Å²) in [6.07, 6.45) is -0.503. The van der Waals surface area contributed by atoms with Gasteiger partial charge >= 0.3 is 6.09 Å². The van der Waals surface area contributed by atoms with E-state index in [-0.39, 0.29) is 13.2 Å². The second kappa shape index (κ2) is 7.76. The summed E-state index contributed by atoms with van der Waals surface area (Å²) in [5, 5.41) is 2.58. The lowest BCUT2D eigenvalue weighted by atomic mass is 10.1. The van der Waals surface area contributed by atoms with Crippen molar-refractivity contribution >= 4 is 17.5 Å². The van der Waals surface area contributed by atoms with Crippen LogP contribution in [0.4, 0.5) is 16.2 Å². The fraction of sp³-hybridized carbons (Fsp3) is 0.167. The second-order valence-electron chi connectivity index (χ2n) is 5.01. The molecule has 5 heteroatoms. The van der Waals surface area contributed by atoms with E-state index >= 15 is 0 Å². The zero-order valence-corrected chi connectivity index (χ0v) is 12.9. The molecule has 0 bridgehead atoms. The van der Waals surface area contributed by atoms with Crippen LogP contribution in [0.15, 0.2) is 42.5 Å². The summed E-state index contributed by atoms with van der Waals surface area (Å²) in [5.41, 5.74) is 15.2. The number of aryl methyl sites for hydroxylation is 1. The van der Waals surface area contributed by atoms with Gasteiger partial charge in [-0.2, -0.15) is 0 Å². The highest BCUT2D eigenvalue weighted by molar-refractivity contribution is 5.69. The van der Waals surface area contributed by atoms with E-state index in [1.54, 1.807) is 12.1 Å². The number of alkyl carbamates (subject to hydrolysis) is 1. The molecule has 0 spiro atoms. The van der Waals surface area contributed by atoms with Crippen molar-refractivity contribution in [3.8, 4) is 11.8 Å². The van der Waals surface area contributed by atoms with Gasteiger partial charge in [-0.1, -0.05) is 42.2 Å². The van der Waals surface area contributed by atoms with Crippen LogP contribution in [0.3, 0.4) is 0 Å². The topological polar surface area (TPSA) is 90.4 Å². The number of nitrogen functional groups attached to an aromatic ring is 2. The van der Waals surface area contributed by atoms with Gasteiger partial charge in [0.15, 0.2) is 0 Å². The lowest BCUT2D eigenvalue weighted by Gasteiger charge is -2.05. The summed E-state index contributed by atoms with van der Waals surface area (Å²) in [5.74, 6) is 5.81. The molecule has 0 aliphatic carbocycles. The third-order valence-electron chi connectivity index (χ3n) is 3.19. The van der Waals surface area contributed by atoms with Crippen LogP contribution in [0.25, 0.3) is 0 Å². The number of hydrogen-bond donors (Lipinski definition) is 3. The Hall–Kier alpha value is -3.13. The number of hydrogen-bond acceptors (Lipinski definition) is 4. The molecule has 0 radical (unpaired) electrons. The molecular weight excluding hydrogens is 290 g/mol. The summed E-state index contributed by atoms with van der Waals surface area (Å²) >= 11 is 0. The summed E-state index contributed by atoms with van der Waals surface area (Å²) in [6, 6.07) is 13.0. The molecule has 23 heavy (non-hydrogen) atoms. The first-order valence-electron chi connectivity index (χ1n) is 7.15. The van der Waals surface area contributed by atoms with Crippen LogP contribution in [0, 0.1) is 18.8 Å². The lowest BCUT2D eigenvalue weighted by molar-refractivity contribution is 0.141. The average molecular weight is 309 g/mol. The van der Waals surface area contributed by atoms with Gasteiger partial charge < -0.3 is 21.5 Å². The number of nitrogens with one attached hydrogen (secondary N) is 1. The second-order valence-corrected chi connectivity index (χ2v) is 5.01. The van der Waals surface area contributed by atoms with Crippen LogP contribution in [-0.4, -0.2) is 12.6 Å². The predicted octanol–water partition coefficient (Wildman–Crippen LogP) is 2.44. The van der Waals surface area contributed by atoms with Crippen LogP contribution in [0.1, 0.15) is 16.7 Å². The van der Waals surface area contributed by atoms with Gasteiger partial charge in [0.25, 0.3) is 0 Å². The number of amides is 1. The number of rotatable bonds is 3. The van der Waals surface area contributed by atoms with Gasteiger partial charge in [0.1, 0.15) is 6.61 Å². The summed E-state index contributed by atoms with van der Waals surface area (Å²) in [4.78, 5) is 11.6.